The highest BCUT2D eigenvalue weighted by atomic mass is 35.5. The second-order valence-corrected chi connectivity index (χ2v) is 4.87. The summed E-state index contributed by atoms with van der Waals surface area (Å²) < 4.78 is 13.6. The smallest absolute Gasteiger partial charge is 0.323 e. The fourth-order valence-corrected chi connectivity index (χ4v) is 2.16. The fourth-order valence-electron chi connectivity index (χ4n) is 2.00. The van der Waals surface area contributed by atoms with Crippen LogP contribution >= 0.6 is 11.6 Å². The Hall–Kier alpha value is -2.27. The number of rotatable bonds is 3. The lowest BCUT2D eigenvalue weighted by atomic mass is 10.2. The molecule has 4 nitrogen and oxygen atoms in total. The van der Waals surface area contributed by atoms with Gasteiger partial charge in [0.2, 0.25) is 0 Å². The first-order chi connectivity index (χ1) is 9.61. The number of hydrogen-bond donors (Lipinski definition) is 3. The number of halogens is 2. The Morgan fingerprint density at radius 1 is 1.10 bits per heavy atom. The lowest BCUT2D eigenvalue weighted by molar-refractivity contribution is 0.613. The van der Waals surface area contributed by atoms with E-state index in [2.05, 4.69) is 15.3 Å². The van der Waals surface area contributed by atoms with Gasteiger partial charge in [-0.05, 0) is 30.3 Å². The Kier molecular flexibility index (Phi) is 3.20. The van der Waals surface area contributed by atoms with Crippen LogP contribution in [0, 0.1) is 5.82 Å². The van der Waals surface area contributed by atoms with Gasteiger partial charge in [0.1, 0.15) is 5.82 Å². The molecule has 6 heteroatoms. The van der Waals surface area contributed by atoms with Gasteiger partial charge in [0, 0.05) is 22.8 Å². The molecule has 0 fully saturated rings. The van der Waals surface area contributed by atoms with Crippen molar-refractivity contribution in [3.8, 4) is 0 Å². The Morgan fingerprint density at radius 2 is 1.90 bits per heavy atom. The minimum atomic E-state index is -0.346. The Bertz CT molecular complexity index is 825. The highest BCUT2D eigenvalue weighted by Gasteiger charge is 2.04. The van der Waals surface area contributed by atoms with Crippen molar-refractivity contribution < 1.29 is 4.39 Å². The van der Waals surface area contributed by atoms with E-state index in [4.69, 9.17) is 11.6 Å². The van der Waals surface area contributed by atoms with Crippen molar-refractivity contribution in [3.05, 3.63) is 63.3 Å². The van der Waals surface area contributed by atoms with Crippen molar-refractivity contribution >= 4 is 28.3 Å². The van der Waals surface area contributed by atoms with E-state index in [1.807, 2.05) is 6.07 Å². The SMILES string of the molecule is O=c1[nH]c2ccc(NCc3ccc(Cl)cc3F)cc2[nH]1. The van der Waals surface area contributed by atoms with Crippen LogP contribution in [0.2, 0.25) is 5.02 Å². The zero-order chi connectivity index (χ0) is 14.1. The van der Waals surface area contributed by atoms with Gasteiger partial charge < -0.3 is 15.3 Å². The van der Waals surface area contributed by atoms with Crippen molar-refractivity contribution in [2.45, 2.75) is 6.54 Å². The van der Waals surface area contributed by atoms with Crippen LogP contribution in [0.3, 0.4) is 0 Å². The van der Waals surface area contributed by atoms with Crippen LogP contribution in [0.4, 0.5) is 10.1 Å². The topological polar surface area (TPSA) is 60.7 Å². The monoisotopic (exact) mass is 291 g/mol. The van der Waals surface area contributed by atoms with E-state index in [0.29, 0.717) is 22.6 Å². The number of benzene rings is 2. The first-order valence-corrected chi connectivity index (χ1v) is 6.39. The van der Waals surface area contributed by atoms with Gasteiger partial charge in [-0.25, -0.2) is 9.18 Å². The first-order valence-electron chi connectivity index (χ1n) is 6.02. The summed E-state index contributed by atoms with van der Waals surface area (Å²) in [5, 5.41) is 3.48. The van der Waals surface area contributed by atoms with Gasteiger partial charge in [0.05, 0.1) is 11.0 Å². The number of imidazole rings is 1. The van der Waals surface area contributed by atoms with E-state index in [-0.39, 0.29) is 11.5 Å². The van der Waals surface area contributed by atoms with E-state index in [1.54, 1.807) is 24.3 Å². The summed E-state index contributed by atoms with van der Waals surface area (Å²) >= 11 is 5.70. The summed E-state index contributed by atoms with van der Waals surface area (Å²) in [6.45, 7) is 0.336. The number of hydrogen-bond acceptors (Lipinski definition) is 2. The third-order valence-electron chi connectivity index (χ3n) is 3.01. The molecule has 2 aromatic carbocycles. The minimum absolute atomic E-state index is 0.249. The Balaban J connectivity index is 1.80. The van der Waals surface area contributed by atoms with E-state index >= 15 is 0 Å². The average Bonchev–Trinajstić information content (AvgIpc) is 2.77. The average molecular weight is 292 g/mol. The predicted octanol–water partition coefficient (Wildman–Crippen LogP) is 3.26. The quantitative estimate of drug-likeness (QED) is 0.693. The second-order valence-electron chi connectivity index (χ2n) is 4.43. The van der Waals surface area contributed by atoms with Crippen LogP contribution in [0.15, 0.2) is 41.2 Å². The van der Waals surface area contributed by atoms with Crippen molar-refractivity contribution in [2.24, 2.45) is 0 Å². The number of aromatic amines is 2. The number of fused-ring (bicyclic) bond motifs is 1. The lowest BCUT2D eigenvalue weighted by Crippen LogP contribution is -2.01. The summed E-state index contributed by atoms with van der Waals surface area (Å²) in [7, 11) is 0. The molecule has 0 unspecified atom stereocenters. The van der Waals surface area contributed by atoms with Crippen molar-refractivity contribution in [1.29, 1.82) is 0 Å². The predicted molar refractivity (Wildman–Crippen MR) is 77.7 cm³/mol. The van der Waals surface area contributed by atoms with Crippen LogP contribution in [-0.4, -0.2) is 9.97 Å². The molecule has 1 heterocycles. The third-order valence-corrected chi connectivity index (χ3v) is 3.25. The summed E-state index contributed by atoms with van der Waals surface area (Å²) in [4.78, 5) is 16.5. The maximum absolute atomic E-state index is 13.6. The summed E-state index contributed by atoms with van der Waals surface area (Å²) in [5.41, 5.74) is 2.51. The first kappa shape index (κ1) is 12.7. The van der Waals surface area contributed by atoms with Gasteiger partial charge in [-0.3, -0.25) is 0 Å². The van der Waals surface area contributed by atoms with Gasteiger partial charge >= 0.3 is 5.69 Å². The molecule has 0 radical (unpaired) electrons. The van der Waals surface area contributed by atoms with Gasteiger partial charge in [-0.15, -0.1) is 0 Å². The molecule has 0 aliphatic carbocycles. The van der Waals surface area contributed by atoms with Crippen molar-refractivity contribution in [1.82, 2.24) is 9.97 Å². The Morgan fingerprint density at radius 3 is 2.70 bits per heavy atom. The molecular weight excluding hydrogens is 281 g/mol. The molecule has 0 aliphatic heterocycles. The van der Waals surface area contributed by atoms with E-state index in [1.165, 1.54) is 6.07 Å². The number of H-pyrrole nitrogens is 2. The standard InChI is InChI=1S/C14H11ClFN3O/c15-9-2-1-8(11(16)5-9)7-17-10-3-4-12-13(6-10)19-14(20)18-12/h1-6,17H,7H2,(H2,18,19,20). The van der Waals surface area contributed by atoms with Crippen LogP contribution in [0.25, 0.3) is 11.0 Å². The zero-order valence-corrected chi connectivity index (χ0v) is 11.1. The summed E-state index contributed by atoms with van der Waals surface area (Å²) in [6.07, 6.45) is 0. The van der Waals surface area contributed by atoms with Gasteiger partial charge in [0.15, 0.2) is 0 Å². The molecule has 3 rings (SSSR count). The molecule has 0 spiro atoms. The van der Waals surface area contributed by atoms with E-state index < -0.39 is 0 Å². The molecule has 0 amide bonds. The lowest BCUT2D eigenvalue weighted by Gasteiger charge is -2.07. The largest absolute Gasteiger partial charge is 0.381 e. The molecular formula is C14H11ClFN3O. The highest BCUT2D eigenvalue weighted by Crippen LogP contribution is 2.18. The van der Waals surface area contributed by atoms with Crippen LogP contribution in [0.1, 0.15) is 5.56 Å². The minimum Gasteiger partial charge on any atom is -0.381 e. The van der Waals surface area contributed by atoms with Crippen LogP contribution in [0.5, 0.6) is 0 Å². The highest BCUT2D eigenvalue weighted by molar-refractivity contribution is 6.30. The molecule has 3 aromatic rings. The van der Waals surface area contributed by atoms with Crippen LogP contribution < -0.4 is 11.0 Å². The maximum atomic E-state index is 13.6. The van der Waals surface area contributed by atoms with E-state index in [9.17, 15) is 9.18 Å². The molecule has 102 valence electrons. The molecule has 3 N–H and O–H groups in total. The van der Waals surface area contributed by atoms with Crippen molar-refractivity contribution in [2.75, 3.05) is 5.32 Å². The second kappa shape index (κ2) is 5.02. The third kappa shape index (κ3) is 2.53. The Labute approximate surface area is 118 Å². The number of nitrogens with one attached hydrogen (secondary N) is 3. The zero-order valence-electron chi connectivity index (χ0n) is 10.3. The molecule has 0 aliphatic rings. The molecule has 20 heavy (non-hydrogen) atoms. The normalized spacial score (nSPS) is 10.9. The van der Waals surface area contributed by atoms with Crippen molar-refractivity contribution in [3.63, 3.8) is 0 Å². The van der Waals surface area contributed by atoms with Gasteiger partial charge in [0.25, 0.3) is 0 Å². The van der Waals surface area contributed by atoms with Crippen LogP contribution in [-0.2, 0) is 6.54 Å². The molecule has 0 saturated carbocycles. The molecule has 0 bridgehead atoms. The van der Waals surface area contributed by atoms with Gasteiger partial charge in [-0.2, -0.15) is 0 Å². The number of anilines is 1. The summed E-state index contributed by atoms with van der Waals surface area (Å²) in [5.74, 6) is -0.346. The number of aromatic nitrogens is 2. The van der Waals surface area contributed by atoms with Gasteiger partial charge in [-0.1, -0.05) is 17.7 Å². The molecule has 0 atom stereocenters. The van der Waals surface area contributed by atoms with E-state index in [0.717, 1.165) is 11.2 Å². The molecule has 0 saturated heterocycles. The summed E-state index contributed by atoms with van der Waals surface area (Å²) in [6, 6.07) is 9.97. The molecule has 1 aromatic heterocycles. The maximum Gasteiger partial charge on any atom is 0.323 e. The fraction of sp³-hybridized carbons (Fsp3) is 0.0714.